The van der Waals surface area contributed by atoms with Crippen molar-refractivity contribution in [2.75, 3.05) is 27.9 Å². The Labute approximate surface area is 205 Å². The van der Waals surface area contributed by atoms with Gasteiger partial charge < -0.3 is 18.9 Å². The first-order valence-corrected chi connectivity index (χ1v) is 11.4. The van der Waals surface area contributed by atoms with E-state index in [9.17, 15) is 9.59 Å². The Morgan fingerprint density at radius 1 is 0.714 bits per heavy atom. The first-order chi connectivity index (χ1) is 17.0. The van der Waals surface area contributed by atoms with Crippen molar-refractivity contribution < 1.29 is 28.5 Å². The highest BCUT2D eigenvalue weighted by Crippen LogP contribution is 2.51. The summed E-state index contributed by atoms with van der Waals surface area (Å²) in [6.07, 6.45) is 0. The van der Waals surface area contributed by atoms with Crippen molar-refractivity contribution in [3.63, 3.8) is 0 Å². The summed E-state index contributed by atoms with van der Waals surface area (Å²) in [6, 6.07) is 22.3. The molecule has 3 aromatic carbocycles. The molecule has 3 aromatic rings. The highest BCUT2D eigenvalue weighted by atomic mass is 16.5. The van der Waals surface area contributed by atoms with Crippen molar-refractivity contribution in [2.24, 2.45) is 5.92 Å². The highest BCUT2D eigenvalue weighted by Gasteiger charge is 2.48. The molecule has 0 aromatic heterocycles. The van der Waals surface area contributed by atoms with E-state index in [0.29, 0.717) is 28.4 Å². The number of esters is 1. The van der Waals surface area contributed by atoms with Gasteiger partial charge in [-0.05, 0) is 65.6 Å². The molecule has 0 aliphatic heterocycles. The number of Topliss-reactive ketones (excluding diaryl/α,β-unsaturated/α-hetero) is 1. The molecule has 0 N–H and O–H groups in total. The van der Waals surface area contributed by atoms with Gasteiger partial charge in [-0.2, -0.15) is 0 Å². The topological polar surface area (TPSA) is 71.1 Å². The second-order valence-corrected chi connectivity index (χ2v) is 8.09. The summed E-state index contributed by atoms with van der Waals surface area (Å²) in [5, 5.41) is 0. The van der Waals surface area contributed by atoms with Crippen LogP contribution in [0, 0.1) is 5.92 Å². The predicted octanol–water partition coefficient (Wildman–Crippen LogP) is 5.17. The zero-order chi connectivity index (χ0) is 24.9. The number of carbonyl (C=O) groups is 2. The molecule has 0 saturated heterocycles. The Bertz CT molecular complexity index is 1220. The van der Waals surface area contributed by atoms with Crippen molar-refractivity contribution in [1.82, 2.24) is 0 Å². The molecule has 0 amide bonds. The fourth-order valence-corrected chi connectivity index (χ4v) is 4.56. The first-order valence-electron chi connectivity index (χ1n) is 11.4. The summed E-state index contributed by atoms with van der Waals surface area (Å²) >= 11 is 0. The smallest absolute Gasteiger partial charge is 0.317 e. The molecule has 0 fully saturated rings. The molecule has 1 aliphatic rings. The van der Waals surface area contributed by atoms with Crippen LogP contribution in [0.25, 0.3) is 11.1 Å². The van der Waals surface area contributed by atoms with Crippen LogP contribution in [-0.2, 0) is 14.3 Å². The molecular weight excluding hydrogens is 444 g/mol. The maximum absolute atomic E-state index is 14.0. The van der Waals surface area contributed by atoms with Crippen molar-refractivity contribution in [3.8, 4) is 17.2 Å². The molecule has 6 nitrogen and oxygen atoms in total. The number of methoxy groups -OCH3 is 3. The summed E-state index contributed by atoms with van der Waals surface area (Å²) in [7, 11) is 4.79. The van der Waals surface area contributed by atoms with Gasteiger partial charge in [-0.15, -0.1) is 0 Å². The number of carbonyl (C=O) groups excluding carboxylic acids is 2. The molecule has 0 spiro atoms. The van der Waals surface area contributed by atoms with E-state index in [1.54, 1.807) is 40.4 Å². The first kappa shape index (κ1) is 24.1. The number of ketones is 1. The standard InChI is InChI=1S/C29H28O6/c1-5-35-29(31)27-25(19-8-14-22(33-3)15-9-19)24(18-6-12-21(32-2)13-7-18)26(28(27)30)20-10-16-23(34-4)17-11-20/h6-17,25,27H,5H2,1-4H3. The minimum absolute atomic E-state index is 0.188. The van der Waals surface area contributed by atoms with Crippen LogP contribution < -0.4 is 14.2 Å². The fraction of sp³-hybridized carbons (Fsp3) is 0.241. The monoisotopic (exact) mass is 472 g/mol. The maximum Gasteiger partial charge on any atom is 0.317 e. The van der Waals surface area contributed by atoms with Crippen LogP contribution in [0.1, 0.15) is 29.5 Å². The van der Waals surface area contributed by atoms with Gasteiger partial charge in [0.15, 0.2) is 5.78 Å². The van der Waals surface area contributed by atoms with Gasteiger partial charge in [0.2, 0.25) is 0 Å². The van der Waals surface area contributed by atoms with Crippen molar-refractivity contribution >= 4 is 22.9 Å². The summed E-state index contributed by atoms with van der Waals surface area (Å²) in [5.74, 6) is -0.258. The maximum atomic E-state index is 14.0. The molecule has 4 rings (SSSR count). The lowest BCUT2D eigenvalue weighted by Gasteiger charge is -2.22. The van der Waals surface area contributed by atoms with Gasteiger partial charge in [-0.25, -0.2) is 0 Å². The number of hydrogen-bond acceptors (Lipinski definition) is 6. The van der Waals surface area contributed by atoms with E-state index in [1.807, 2.05) is 60.7 Å². The Kier molecular flexibility index (Phi) is 7.20. The van der Waals surface area contributed by atoms with E-state index in [1.165, 1.54) is 0 Å². The normalized spacial score (nSPS) is 17.3. The predicted molar refractivity (Wildman–Crippen MR) is 134 cm³/mol. The van der Waals surface area contributed by atoms with E-state index in [4.69, 9.17) is 18.9 Å². The summed E-state index contributed by atoms with van der Waals surface area (Å²) < 4.78 is 21.3. The average Bonchev–Trinajstić information content (AvgIpc) is 3.21. The number of benzene rings is 3. The Hall–Kier alpha value is -4.06. The van der Waals surface area contributed by atoms with Gasteiger partial charge in [0.1, 0.15) is 23.2 Å². The van der Waals surface area contributed by atoms with Crippen LogP contribution in [0.5, 0.6) is 17.2 Å². The van der Waals surface area contributed by atoms with E-state index >= 15 is 0 Å². The van der Waals surface area contributed by atoms with Gasteiger partial charge in [-0.1, -0.05) is 36.4 Å². The zero-order valence-electron chi connectivity index (χ0n) is 20.2. The zero-order valence-corrected chi connectivity index (χ0v) is 20.2. The molecule has 1 aliphatic carbocycles. The molecule has 2 unspecified atom stereocenters. The molecule has 6 heteroatoms. The van der Waals surface area contributed by atoms with Crippen molar-refractivity contribution in [2.45, 2.75) is 12.8 Å². The van der Waals surface area contributed by atoms with Crippen molar-refractivity contribution in [3.05, 3.63) is 89.5 Å². The average molecular weight is 473 g/mol. The van der Waals surface area contributed by atoms with E-state index < -0.39 is 17.8 Å². The van der Waals surface area contributed by atoms with Crippen LogP contribution in [0.4, 0.5) is 0 Å². The molecule has 0 saturated carbocycles. The second kappa shape index (κ2) is 10.5. The van der Waals surface area contributed by atoms with Gasteiger partial charge >= 0.3 is 5.97 Å². The third-order valence-corrected chi connectivity index (χ3v) is 6.24. The van der Waals surface area contributed by atoms with E-state index in [0.717, 1.165) is 16.7 Å². The minimum atomic E-state index is -1.00. The number of hydrogen-bond donors (Lipinski definition) is 0. The van der Waals surface area contributed by atoms with Crippen LogP contribution in [0.3, 0.4) is 0 Å². The molecule has 180 valence electrons. The van der Waals surface area contributed by atoms with Gasteiger partial charge in [0.25, 0.3) is 0 Å². The fourth-order valence-electron chi connectivity index (χ4n) is 4.56. The largest absolute Gasteiger partial charge is 0.497 e. The SMILES string of the molecule is CCOC(=O)C1C(=O)C(c2ccc(OC)cc2)=C(c2ccc(OC)cc2)C1c1ccc(OC)cc1. The molecule has 0 heterocycles. The van der Waals surface area contributed by atoms with Crippen LogP contribution in [-0.4, -0.2) is 39.7 Å². The molecular formula is C29H28O6. The minimum Gasteiger partial charge on any atom is -0.497 e. The summed E-state index contributed by atoms with van der Waals surface area (Å²) in [6.45, 7) is 1.93. The molecule has 2 atom stereocenters. The number of allylic oxidation sites excluding steroid dienone is 2. The third-order valence-electron chi connectivity index (χ3n) is 6.24. The van der Waals surface area contributed by atoms with Crippen molar-refractivity contribution in [1.29, 1.82) is 0 Å². The molecule has 35 heavy (non-hydrogen) atoms. The molecule has 0 radical (unpaired) electrons. The van der Waals surface area contributed by atoms with E-state index in [2.05, 4.69) is 0 Å². The number of rotatable bonds is 8. The quantitative estimate of drug-likeness (QED) is 0.333. The lowest BCUT2D eigenvalue weighted by molar-refractivity contribution is -0.150. The summed E-state index contributed by atoms with van der Waals surface area (Å²) in [4.78, 5) is 27.1. The lowest BCUT2D eigenvalue weighted by Crippen LogP contribution is -2.28. The van der Waals surface area contributed by atoms with Crippen LogP contribution in [0.2, 0.25) is 0 Å². The van der Waals surface area contributed by atoms with Gasteiger partial charge in [-0.3, -0.25) is 9.59 Å². The van der Waals surface area contributed by atoms with Gasteiger partial charge in [0.05, 0.1) is 27.9 Å². The van der Waals surface area contributed by atoms with E-state index in [-0.39, 0.29) is 12.4 Å². The third kappa shape index (κ3) is 4.64. The Balaban J connectivity index is 1.97. The van der Waals surface area contributed by atoms with Gasteiger partial charge in [0, 0.05) is 11.5 Å². The number of ether oxygens (including phenoxy) is 4. The van der Waals surface area contributed by atoms with Crippen LogP contribution in [0.15, 0.2) is 72.8 Å². The summed E-state index contributed by atoms with van der Waals surface area (Å²) in [5.41, 5.74) is 3.64. The Morgan fingerprint density at radius 3 is 1.63 bits per heavy atom. The lowest BCUT2D eigenvalue weighted by atomic mass is 9.81. The van der Waals surface area contributed by atoms with Crippen LogP contribution >= 0.6 is 0 Å². The Morgan fingerprint density at radius 2 is 1.17 bits per heavy atom. The molecule has 0 bridgehead atoms. The second-order valence-electron chi connectivity index (χ2n) is 8.09. The highest BCUT2D eigenvalue weighted by molar-refractivity contribution is 6.37.